The fourth-order valence-corrected chi connectivity index (χ4v) is 2.53. The molecule has 0 radical (unpaired) electrons. The Balaban J connectivity index is 1.48. The van der Waals surface area contributed by atoms with Crippen molar-refractivity contribution < 1.29 is 18.4 Å². The Hall–Kier alpha value is -3.26. The van der Waals surface area contributed by atoms with Crippen LogP contribution in [0.5, 0.6) is 0 Å². The van der Waals surface area contributed by atoms with Crippen molar-refractivity contribution in [1.82, 2.24) is 10.7 Å². The molecule has 0 aliphatic carbocycles. The number of benzene rings is 2. The SMILES string of the molecule is O=C(CNC(=O)c1ccc(F)cc1)N/N=C/c1ccc(-c2ccc(Br)cc2)o1. The number of rotatable bonds is 6. The highest BCUT2D eigenvalue weighted by atomic mass is 79.9. The number of hydrogen-bond donors (Lipinski definition) is 2. The van der Waals surface area contributed by atoms with Crippen LogP contribution in [0.4, 0.5) is 4.39 Å². The van der Waals surface area contributed by atoms with E-state index < -0.39 is 17.6 Å². The van der Waals surface area contributed by atoms with Crippen LogP contribution in [0.2, 0.25) is 0 Å². The number of carbonyl (C=O) groups is 2. The lowest BCUT2D eigenvalue weighted by Crippen LogP contribution is -2.34. The average Bonchev–Trinajstić information content (AvgIpc) is 3.16. The number of nitrogens with one attached hydrogen (secondary N) is 2. The van der Waals surface area contributed by atoms with Gasteiger partial charge in [-0.25, -0.2) is 9.82 Å². The van der Waals surface area contributed by atoms with Crippen molar-refractivity contribution in [2.24, 2.45) is 5.10 Å². The van der Waals surface area contributed by atoms with Crippen molar-refractivity contribution in [3.05, 3.63) is 82.3 Å². The molecule has 0 unspecified atom stereocenters. The van der Waals surface area contributed by atoms with E-state index in [9.17, 15) is 14.0 Å². The normalized spacial score (nSPS) is 10.8. The van der Waals surface area contributed by atoms with Crippen molar-refractivity contribution in [2.45, 2.75) is 0 Å². The van der Waals surface area contributed by atoms with Gasteiger partial charge >= 0.3 is 0 Å². The molecule has 2 N–H and O–H groups in total. The molecule has 1 heterocycles. The van der Waals surface area contributed by atoms with Gasteiger partial charge in [0.2, 0.25) is 0 Å². The number of furan rings is 1. The molecule has 28 heavy (non-hydrogen) atoms. The lowest BCUT2D eigenvalue weighted by atomic mass is 10.2. The third-order valence-electron chi connectivity index (χ3n) is 3.65. The van der Waals surface area contributed by atoms with E-state index in [4.69, 9.17) is 4.42 Å². The van der Waals surface area contributed by atoms with E-state index in [0.717, 1.165) is 10.0 Å². The molecule has 3 aromatic rings. The second kappa shape index (κ2) is 9.09. The summed E-state index contributed by atoms with van der Waals surface area (Å²) in [7, 11) is 0. The van der Waals surface area contributed by atoms with Crippen LogP contribution in [-0.2, 0) is 4.79 Å². The van der Waals surface area contributed by atoms with Crippen LogP contribution < -0.4 is 10.7 Å². The molecule has 0 saturated carbocycles. The molecule has 2 aromatic carbocycles. The molecule has 0 atom stereocenters. The largest absolute Gasteiger partial charge is 0.455 e. The third kappa shape index (κ3) is 5.37. The quantitative estimate of drug-likeness (QED) is 0.449. The minimum Gasteiger partial charge on any atom is -0.455 e. The zero-order valence-electron chi connectivity index (χ0n) is 14.5. The molecule has 0 fully saturated rings. The van der Waals surface area contributed by atoms with E-state index in [-0.39, 0.29) is 12.1 Å². The molecular formula is C20H15BrFN3O3. The van der Waals surface area contributed by atoms with Crippen LogP contribution in [0.3, 0.4) is 0 Å². The fraction of sp³-hybridized carbons (Fsp3) is 0.0500. The number of hydrogen-bond acceptors (Lipinski definition) is 4. The summed E-state index contributed by atoms with van der Waals surface area (Å²) in [4.78, 5) is 23.6. The molecule has 3 rings (SSSR count). The molecule has 0 aliphatic rings. The van der Waals surface area contributed by atoms with Crippen LogP contribution in [0.15, 0.2) is 74.7 Å². The van der Waals surface area contributed by atoms with Gasteiger partial charge in [0.15, 0.2) is 0 Å². The second-order valence-electron chi connectivity index (χ2n) is 5.69. The van der Waals surface area contributed by atoms with Gasteiger partial charge in [-0.15, -0.1) is 0 Å². The predicted octanol–water partition coefficient (Wildman–Crippen LogP) is 3.73. The Labute approximate surface area is 168 Å². The molecule has 0 saturated heterocycles. The number of halogens is 2. The second-order valence-corrected chi connectivity index (χ2v) is 6.61. The first-order chi connectivity index (χ1) is 13.5. The molecule has 2 amide bonds. The van der Waals surface area contributed by atoms with Crippen LogP contribution in [0, 0.1) is 5.82 Å². The predicted molar refractivity (Wildman–Crippen MR) is 106 cm³/mol. The van der Waals surface area contributed by atoms with E-state index in [1.807, 2.05) is 24.3 Å². The summed E-state index contributed by atoms with van der Waals surface area (Å²) in [5.74, 6) is -0.291. The lowest BCUT2D eigenvalue weighted by Gasteiger charge is -2.04. The molecule has 8 heteroatoms. The Morgan fingerprint density at radius 1 is 1.04 bits per heavy atom. The summed E-state index contributed by atoms with van der Waals surface area (Å²) in [6.07, 6.45) is 1.36. The van der Waals surface area contributed by atoms with Gasteiger partial charge in [-0.05, 0) is 48.5 Å². The summed E-state index contributed by atoms with van der Waals surface area (Å²) in [6, 6.07) is 16.2. The Morgan fingerprint density at radius 3 is 2.46 bits per heavy atom. The zero-order valence-corrected chi connectivity index (χ0v) is 16.1. The molecule has 142 valence electrons. The fourth-order valence-electron chi connectivity index (χ4n) is 2.26. The van der Waals surface area contributed by atoms with Crippen molar-refractivity contribution in [3.63, 3.8) is 0 Å². The van der Waals surface area contributed by atoms with Crippen LogP contribution in [-0.4, -0.2) is 24.6 Å². The Morgan fingerprint density at radius 2 is 1.75 bits per heavy atom. The summed E-state index contributed by atoms with van der Waals surface area (Å²) in [6.45, 7) is -0.268. The maximum absolute atomic E-state index is 12.8. The van der Waals surface area contributed by atoms with Gasteiger partial charge in [0.05, 0.1) is 12.8 Å². The van der Waals surface area contributed by atoms with E-state index in [2.05, 4.69) is 31.8 Å². The van der Waals surface area contributed by atoms with Crippen LogP contribution in [0.25, 0.3) is 11.3 Å². The molecule has 0 spiro atoms. The van der Waals surface area contributed by atoms with Gasteiger partial charge in [0.25, 0.3) is 11.8 Å². The highest BCUT2D eigenvalue weighted by Crippen LogP contribution is 2.23. The van der Waals surface area contributed by atoms with Gasteiger partial charge in [0, 0.05) is 15.6 Å². The Bertz CT molecular complexity index is 998. The molecule has 0 aliphatic heterocycles. The minimum absolute atomic E-state index is 0.258. The summed E-state index contributed by atoms with van der Waals surface area (Å²) >= 11 is 3.38. The highest BCUT2D eigenvalue weighted by molar-refractivity contribution is 9.10. The number of amides is 2. The first-order valence-corrected chi connectivity index (χ1v) is 9.02. The highest BCUT2D eigenvalue weighted by Gasteiger charge is 2.08. The summed E-state index contributed by atoms with van der Waals surface area (Å²) in [5.41, 5.74) is 3.46. The minimum atomic E-state index is -0.508. The number of hydrazone groups is 1. The zero-order chi connectivity index (χ0) is 19.9. The van der Waals surface area contributed by atoms with E-state index in [0.29, 0.717) is 11.5 Å². The first-order valence-electron chi connectivity index (χ1n) is 8.23. The van der Waals surface area contributed by atoms with Crippen molar-refractivity contribution in [3.8, 4) is 11.3 Å². The van der Waals surface area contributed by atoms with E-state index in [1.54, 1.807) is 12.1 Å². The van der Waals surface area contributed by atoms with Gasteiger partial charge in [-0.3, -0.25) is 9.59 Å². The van der Waals surface area contributed by atoms with Gasteiger partial charge < -0.3 is 9.73 Å². The topological polar surface area (TPSA) is 83.7 Å². The van der Waals surface area contributed by atoms with Gasteiger partial charge in [-0.2, -0.15) is 5.10 Å². The maximum Gasteiger partial charge on any atom is 0.259 e. The van der Waals surface area contributed by atoms with Crippen LogP contribution in [0.1, 0.15) is 16.1 Å². The van der Waals surface area contributed by atoms with Crippen molar-refractivity contribution >= 4 is 34.0 Å². The van der Waals surface area contributed by atoms with Gasteiger partial charge in [0.1, 0.15) is 17.3 Å². The van der Waals surface area contributed by atoms with Crippen molar-refractivity contribution in [1.29, 1.82) is 0 Å². The molecule has 1 aromatic heterocycles. The Kier molecular flexibility index (Phi) is 6.33. The van der Waals surface area contributed by atoms with Crippen molar-refractivity contribution in [2.75, 3.05) is 6.54 Å². The third-order valence-corrected chi connectivity index (χ3v) is 4.18. The van der Waals surface area contributed by atoms with Gasteiger partial charge in [-0.1, -0.05) is 28.1 Å². The standard InChI is InChI=1S/C20H15BrFN3O3/c21-15-5-1-13(2-6-15)18-10-9-17(28-18)11-24-25-19(26)12-23-20(27)14-3-7-16(22)8-4-14/h1-11H,12H2,(H,23,27)(H,25,26)/b24-11+. The maximum atomic E-state index is 12.8. The molecular weight excluding hydrogens is 429 g/mol. The molecule has 6 nitrogen and oxygen atoms in total. The van der Waals surface area contributed by atoms with E-state index >= 15 is 0 Å². The molecule has 0 bridgehead atoms. The lowest BCUT2D eigenvalue weighted by molar-refractivity contribution is -0.120. The average molecular weight is 444 g/mol. The number of carbonyl (C=O) groups excluding carboxylic acids is 2. The van der Waals surface area contributed by atoms with E-state index in [1.165, 1.54) is 30.5 Å². The number of nitrogens with zero attached hydrogens (tertiary/aromatic N) is 1. The first kappa shape index (κ1) is 19.5. The smallest absolute Gasteiger partial charge is 0.259 e. The summed E-state index contributed by atoms with van der Waals surface area (Å²) < 4.78 is 19.4. The van der Waals surface area contributed by atoms with Crippen LogP contribution >= 0.6 is 15.9 Å². The summed E-state index contributed by atoms with van der Waals surface area (Å²) in [5, 5.41) is 6.22. The monoisotopic (exact) mass is 443 g/mol.